The van der Waals surface area contributed by atoms with Gasteiger partial charge in [-0.2, -0.15) is 5.26 Å². The van der Waals surface area contributed by atoms with Crippen molar-refractivity contribution in [2.45, 2.75) is 6.92 Å². The second kappa shape index (κ2) is 8.08. The largest absolute Gasteiger partial charge is 0.360 e. The van der Waals surface area contributed by atoms with Crippen molar-refractivity contribution in [1.82, 2.24) is 0 Å². The van der Waals surface area contributed by atoms with Crippen LogP contribution in [0, 0.1) is 17.1 Å². The highest BCUT2D eigenvalue weighted by molar-refractivity contribution is 6.31. The Balaban J connectivity index is 2.08. The number of carbonyl (C=O) groups is 2. The number of nitrogens with zero attached hydrogens (tertiary/aromatic N) is 1. The van der Waals surface area contributed by atoms with Crippen LogP contribution in [0.5, 0.6) is 0 Å². The fourth-order valence-corrected chi connectivity index (χ4v) is 2.06. The summed E-state index contributed by atoms with van der Waals surface area (Å²) in [6, 6.07) is 12.0. The molecule has 0 aliphatic carbocycles. The lowest BCUT2D eigenvalue weighted by atomic mass is 10.1. The lowest BCUT2D eigenvalue weighted by Crippen LogP contribution is -2.14. The van der Waals surface area contributed by atoms with Gasteiger partial charge in [0, 0.05) is 23.1 Å². The van der Waals surface area contributed by atoms with Gasteiger partial charge in [0.2, 0.25) is 0 Å². The second-order valence-electron chi connectivity index (χ2n) is 5.03. The number of halogens is 2. The molecule has 0 aliphatic heterocycles. The molecule has 2 aromatic rings. The average Bonchev–Trinajstić information content (AvgIpc) is 2.59. The van der Waals surface area contributed by atoms with E-state index in [0.717, 1.165) is 0 Å². The van der Waals surface area contributed by atoms with E-state index in [2.05, 4.69) is 10.6 Å². The highest BCUT2D eigenvalue weighted by atomic mass is 35.5. The number of amides is 1. The number of carbonyl (C=O) groups excluding carboxylic acids is 2. The Hall–Kier alpha value is -3.17. The van der Waals surface area contributed by atoms with Crippen molar-refractivity contribution in [3.63, 3.8) is 0 Å². The molecule has 0 heterocycles. The normalized spacial score (nSPS) is 10.7. The molecular weight excluding hydrogens is 345 g/mol. The molecule has 0 fully saturated rings. The summed E-state index contributed by atoms with van der Waals surface area (Å²) in [5, 5.41) is 14.3. The molecule has 0 saturated heterocycles. The van der Waals surface area contributed by atoms with Crippen LogP contribution in [0.1, 0.15) is 17.3 Å². The van der Waals surface area contributed by atoms with E-state index >= 15 is 0 Å². The van der Waals surface area contributed by atoms with Crippen molar-refractivity contribution in [2.24, 2.45) is 0 Å². The van der Waals surface area contributed by atoms with Crippen LogP contribution < -0.4 is 10.6 Å². The summed E-state index contributed by atoms with van der Waals surface area (Å²) < 4.78 is 13.1. The number of nitriles is 1. The minimum absolute atomic E-state index is 0.0769. The van der Waals surface area contributed by atoms with Crippen molar-refractivity contribution < 1.29 is 14.0 Å². The van der Waals surface area contributed by atoms with Gasteiger partial charge in [0.1, 0.15) is 17.5 Å². The quantitative estimate of drug-likeness (QED) is 0.478. The third-order valence-electron chi connectivity index (χ3n) is 3.22. The zero-order chi connectivity index (χ0) is 18.4. The minimum atomic E-state index is -0.626. The number of ketones is 1. The Labute approximate surface area is 148 Å². The first-order valence-electron chi connectivity index (χ1n) is 7.15. The second-order valence-corrected chi connectivity index (χ2v) is 5.44. The summed E-state index contributed by atoms with van der Waals surface area (Å²) in [7, 11) is 0. The predicted molar refractivity (Wildman–Crippen MR) is 93.8 cm³/mol. The molecule has 1 amide bonds. The van der Waals surface area contributed by atoms with Crippen molar-refractivity contribution in [1.29, 1.82) is 5.26 Å². The Morgan fingerprint density at radius 2 is 1.80 bits per heavy atom. The lowest BCUT2D eigenvalue weighted by molar-refractivity contribution is -0.112. The molecule has 0 spiro atoms. The van der Waals surface area contributed by atoms with E-state index in [0.29, 0.717) is 16.9 Å². The number of Topliss-reactive ketones (excluding diaryl/α,β-unsaturated/α-hetero) is 1. The van der Waals surface area contributed by atoms with Gasteiger partial charge in [0.25, 0.3) is 5.91 Å². The Morgan fingerprint density at radius 3 is 2.36 bits per heavy atom. The van der Waals surface area contributed by atoms with Crippen LogP contribution in [-0.4, -0.2) is 11.7 Å². The first-order chi connectivity index (χ1) is 11.9. The summed E-state index contributed by atoms with van der Waals surface area (Å²) in [5.41, 5.74) is 1.21. The Morgan fingerprint density at radius 1 is 1.16 bits per heavy atom. The van der Waals surface area contributed by atoms with E-state index in [1.807, 2.05) is 0 Å². The van der Waals surface area contributed by atoms with Gasteiger partial charge in [0.05, 0.1) is 5.02 Å². The van der Waals surface area contributed by atoms with Crippen molar-refractivity contribution in [2.75, 3.05) is 10.6 Å². The first-order valence-corrected chi connectivity index (χ1v) is 7.52. The van der Waals surface area contributed by atoms with Crippen LogP contribution in [-0.2, 0) is 4.79 Å². The molecule has 0 atom stereocenters. The van der Waals surface area contributed by atoms with Crippen LogP contribution in [0.4, 0.5) is 15.8 Å². The molecular formula is C18H13ClFN3O2. The predicted octanol–water partition coefficient (Wildman–Crippen LogP) is 4.14. The molecule has 0 aliphatic rings. The number of benzene rings is 2. The number of hydrogen-bond donors (Lipinski definition) is 2. The topological polar surface area (TPSA) is 82.0 Å². The van der Waals surface area contributed by atoms with Gasteiger partial charge in [-0.25, -0.2) is 4.39 Å². The third-order valence-corrected chi connectivity index (χ3v) is 3.51. The van der Waals surface area contributed by atoms with E-state index in [1.54, 1.807) is 30.3 Å². The molecule has 0 saturated carbocycles. The van der Waals surface area contributed by atoms with Crippen LogP contribution in [0.3, 0.4) is 0 Å². The highest BCUT2D eigenvalue weighted by Gasteiger charge is 2.10. The van der Waals surface area contributed by atoms with Gasteiger partial charge in [0.15, 0.2) is 5.78 Å². The summed E-state index contributed by atoms with van der Waals surface area (Å²) in [5.74, 6) is -1.28. The zero-order valence-corrected chi connectivity index (χ0v) is 13.9. The summed E-state index contributed by atoms with van der Waals surface area (Å²) >= 11 is 5.66. The van der Waals surface area contributed by atoms with Crippen molar-refractivity contribution in [3.8, 4) is 6.07 Å². The van der Waals surface area contributed by atoms with E-state index < -0.39 is 11.7 Å². The zero-order valence-electron chi connectivity index (χ0n) is 13.1. The monoisotopic (exact) mass is 357 g/mol. The lowest BCUT2D eigenvalue weighted by Gasteiger charge is -2.06. The molecule has 25 heavy (non-hydrogen) atoms. The molecule has 0 radical (unpaired) electrons. The fraction of sp³-hybridized carbons (Fsp3) is 0.0556. The standard InChI is InChI=1S/C18H13ClFN3O2/c1-11(24)12-2-4-14(5-3-12)23-18(25)13(9-21)10-22-15-6-7-17(20)16(19)8-15/h2-8,10,22H,1H3,(H,23,25)/b13-10-. The van der Waals surface area contributed by atoms with Crippen LogP contribution in [0.2, 0.25) is 5.02 Å². The van der Waals surface area contributed by atoms with Crippen LogP contribution in [0.15, 0.2) is 54.2 Å². The van der Waals surface area contributed by atoms with Crippen molar-refractivity contribution >= 4 is 34.7 Å². The average molecular weight is 358 g/mol. The maximum Gasteiger partial charge on any atom is 0.267 e. The van der Waals surface area contributed by atoms with Crippen LogP contribution >= 0.6 is 11.6 Å². The van der Waals surface area contributed by atoms with Gasteiger partial charge in [-0.3, -0.25) is 9.59 Å². The van der Waals surface area contributed by atoms with Gasteiger partial charge in [-0.15, -0.1) is 0 Å². The number of rotatable bonds is 5. The molecule has 0 unspecified atom stereocenters. The molecule has 126 valence electrons. The van der Waals surface area contributed by atoms with Gasteiger partial charge < -0.3 is 10.6 Å². The Bertz CT molecular complexity index is 886. The molecule has 2 aromatic carbocycles. The molecule has 0 aromatic heterocycles. The van der Waals surface area contributed by atoms with Crippen molar-refractivity contribution in [3.05, 3.63) is 70.6 Å². The molecule has 2 N–H and O–H groups in total. The number of anilines is 2. The Kier molecular flexibility index (Phi) is 5.88. The van der Waals surface area contributed by atoms with E-state index in [4.69, 9.17) is 16.9 Å². The molecule has 5 nitrogen and oxygen atoms in total. The van der Waals surface area contributed by atoms with E-state index in [-0.39, 0.29) is 16.4 Å². The first kappa shape index (κ1) is 18.2. The van der Waals surface area contributed by atoms with Gasteiger partial charge in [-0.1, -0.05) is 11.6 Å². The van der Waals surface area contributed by atoms with Crippen LogP contribution in [0.25, 0.3) is 0 Å². The van der Waals surface area contributed by atoms with E-state index in [9.17, 15) is 14.0 Å². The minimum Gasteiger partial charge on any atom is -0.360 e. The fourth-order valence-electron chi connectivity index (χ4n) is 1.88. The maximum atomic E-state index is 13.1. The van der Waals surface area contributed by atoms with E-state index in [1.165, 1.54) is 31.3 Å². The highest BCUT2D eigenvalue weighted by Crippen LogP contribution is 2.19. The molecule has 0 bridgehead atoms. The number of nitrogens with one attached hydrogen (secondary N) is 2. The summed E-state index contributed by atoms with van der Waals surface area (Å²) in [6.45, 7) is 1.44. The molecule has 2 rings (SSSR count). The third kappa shape index (κ3) is 4.90. The smallest absolute Gasteiger partial charge is 0.267 e. The summed E-state index contributed by atoms with van der Waals surface area (Å²) in [4.78, 5) is 23.3. The summed E-state index contributed by atoms with van der Waals surface area (Å²) in [6.07, 6.45) is 1.20. The maximum absolute atomic E-state index is 13.1. The van der Waals surface area contributed by atoms with Gasteiger partial charge >= 0.3 is 0 Å². The van der Waals surface area contributed by atoms with Gasteiger partial charge in [-0.05, 0) is 49.4 Å². The number of hydrogen-bond acceptors (Lipinski definition) is 4. The molecule has 7 heteroatoms. The SMILES string of the molecule is CC(=O)c1ccc(NC(=O)/C(C#N)=C\Nc2ccc(F)c(Cl)c2)cc1.